The summed E-state index contributed by atoms with van der Waals surface area (Å²) in [5, 5.41) is 0. The monoisotopic (exact) mass is 264 g/mol. The summed E-state index contributed by atoms with van der Waals surface area (Å²) in [4.78, 5) is 4.44. The van der Waals surface area contributed by atoms with Crippen LogP contribution in [0.1, 0.15) is 17.8 Å². The lowest BCUT2D eigenvalue weighted by Gasteiger charge is -2.07. The maximum absolute atomic E-state index is 11.5. The molecule has 2 aromatic heterocycles. The van der Waals surface area contributed by atoms with E-state index in [2.05, 4.69) is 22.4 Å². The molecule has 1 atom stereocenters. The van der Waals surface area contributed by atoms with Gasteiger partial charge in [0.15, 0.2) is 9.84 Å². The van der Waals surface area contributed by atoms with Gasteiger partial charge in [-0.2, -0.15) is 0 Å². The van der Waals surface area contributed by atoms with Crippen LogP contribution >= 0.6 is 0 Å². The summed E-state index contributed by atoms with van der Waals surface area (Å²) in [5.74, 6) is 1.84. The molecule has 18 heavy (non-hydrogen) atoms. The minimum Gasteiger partial charge on any atom is -0.303 e. The third kappa shape index (κ3) is 2.03. The van der Waals surface area contributed by atoms with Crippen molar-refractivity contribution in [3.63, 3.8) is 0 Å². The van der Waals surface area contributed by atoms with Gasteiger partial charge < -0.3 is 4.40 Å². The highest BCUT2D eigenvalue weighted by Gasteiger charge is 2.28. The Morgan fingerprint density at radius 3 is 3.06 bits per heavy atom. The Balaban J connectivity index is 1.90. The Labute approximate surface area is 107 Å². The number of aromatic nitrogens is 2. The predicted octanol–water partition coefficient (Wildman–Crippen LogP) is 1.62. The summed E-state index contributed by atoms with van der Waals surface area (Å²) >= 11 is 0. The van der Waals surface area contributed by atoms with Crippen molar-refractivity contribution in [1.82, 2.24) is 9.38 Å². The quantitative estimate of drug-likeness (QED) is 0.828. The van der Waals surface area contributed by atoms with Gasteiger partial charge in [-0.05, 0) is 30.9 Å². The van der Waals surface area contributed by atoms with Crippen molar-refractivity contribution in [3.05, 3.63) is 35.9 Å². The molecule has 3 heterocycles. The maximum atomic E-state index is 11.5. The highest BCUT2D eigenvalue weighted by molar-refractivity contribution is 7.91. The van der Waals surface area contributed by atoms with Gasteiger partial charge in [0.1, 0.15) is 5.82 Å². The van der Waals surface area contributed by atoms with Crippen LogP contribution in [0.4, 0.5) is 0 Å². The van der Waals surface area contributed by atoms with Gasteiger partial charge in [-0.25, -0.2) is 13.4 Å². The summed E-state index contributed by atoms with van der Waals surface area (Å²) < 4.78 is 25.0. The first-order valence-corrected chi connectivity index (χ1v) is 7.99. The molecule has 4 nitrogen and oxygen atoms in total. The van der Waals surface area contributed by atoms with Crippen LogP contribution in [-0.4, -0.2) is 29.3 Å². The van der Waals surface area contributed by atoms with Gasteiger partial charge >= 0.3 is 0 Å². The van der Waals surface area contributed by atoms with Gasteiger partial charge in [0.05, 0.1) is 23.2 Å². The van der Waals surface area contributed by atoms with E-state index in [0.717, 1.165) is 24.2 Å². The van der Waals surface area contributed by atoms with Crippen LogP contribution in [0.25, 0.3) is 5.52 Å². The van der Waals surface area contributed by atoms with Crippen molar-refractivity contribution in [3.8, 4) is 0 Å². The van der Waals surface area contributed by atoms with Gasteiger partial charge in [-0.15, -0.1) is 0 Å². The molecular weight excluding hydrogens is 248 g/mol. The van der Waals surface area contributed by atoms with E-state index >= 15 is 0 Å². The van der Waals surface area contributed by atoms with Gasteiger partial charge in [0.2, 0.25) is 0 Å². The fourth-order valence-electron chi connectivity index (χ4n) is 2.66. The van der Waals surface area contributed by atoms with Crippen LogP contribution in [0.3, 0.4) is 0 Å². The molecule has 0 saturated carbocycles. The molecule has 0 amide bonds. The second-order valence-electron chi connectivity index (χ2n) is 5.09. The normalized spacial score (nSPS) is 22.6. The molecule has 0 N–H and O–H groups in total. The van der Waals surface area contributed by atoms with E-state index in [0.29, 0.717) is 11.5 Å². The zero-order valence-electron chi connectivity index (χ0n) is 10.3. The van der Waals surface area contributed by atoms with E-state index in [1.54, 1.807) is 0 Å². The van der Waals surface area contributed by atoms with Gasteiger partial charge in [0.25, 0.3) is 0 Å². The Kier molecular flexibility index (Phi) is 2.66. The molecule has 1 saturated heterocycles. The van der Waals surface area contributed by atoms with Crippen molar-refractivity contribution in [1.29, 1.82) is 0 Å². The molecule has 0 aromatic carbocycles. The number of aryl methyl sites for hydroxylation is 1. The van der Waals surface area contributed by atoms with Crippen LogP contribution in [0.15, 0.2) is 24.5 Å². The lowest BCUT2D eigenvalue weighted by atomic mass is 10.1. The number of hydrogen-bond acceptors (Lipinski definition) is 3. The third-order valence-corrected chi connectivity index (χ3v) is 5.49. The number of fused-ring (bicyclic) bond motifs is 1. The fourth-order valence-corrected chi connectivity index (χ4v) is 4.52. The van der Waals surface area contributed by atoms with Crippen LogP contribution < -0.4 is 0 Å². The SMILES string of the molecule is Cc1cccn2c(CC3CCS(=O)(=O)C3)ncc12. The molecule has 96 valence electrons. The van der Waals surface area contributed by atoms with Crippen molar-refractivity contribution < 1.29 is 8.42 Å². The molecule has 0 spiro atoms. The first-order chi connectivity index (χ1) is 8.55. The minimum atomic E-state index is -2.80. The van der Waals surface area contributed by atoms with Gasteiger partial charge in [-0.1, -0.05) is 6.07 Å². The van der Waals surface area contributed by atoms with Crippen molar-refractivity contribution >= 4 is 15.4 Å². The zero-order chi connectivity index (χ0) is 12.8. The Morgan fingerprint density at radius 1 is 1.50 bits per heavy atom. The van der Waals surface area contributed by atoms with Crippen LogP contribution in [0.2, 0.25) is 0 Å². The average Bonchev–Trinajstić information content (AvgIpc) is 2.85. The number of rotatable bonds is 2. The molecule has 0 aliphatic carbocycles. The molecule has 1 aliphatic heterocycles. The molecule has 3 rings (SSSR count). The molecule has 0 radical (unpaired) electrons. The summed E-state index contributed by atoms with van der Waals surface area (Å²) in [5.41, 5.74) is 2.30. The van der Waals surface area contributed by atoms with Crippen LogP contribution in [0.5, 0.6) is 0 Å². The molecule has 1 aliphatic rings. The topological polar surface area (TPSA) is 51.4 Å². The van der Waals surface area contributed by atoms with Crippen molar-refractivity contribution in [2.45, 2.75) is 19.8 Å². The predicted molar refractivity (Wildman–Crippen MR) is 70.4 cm³/mol. The van der Waals surface area contributed by atoms with E-state index in [9.17, 15) is 8.42 Å². The Bertz CT molecular complexity index is 688. The lowest BCUT2D eigenvalue weighted by Crippen LogP contribution is -2.09. The van der Waals surface area contributed by atoms with Gasteiger partial charge in [-0.3, -0.25) is 0 Å². The lowest BCUT2D eigenvalue weighted by molar-refractivity contribution is 0.568. The average molecular weight is 264 g/mol. The number of pyridine rings is 1. The molecular formula is C13H16N2O2S. The van der Waals surface area contributed by atoms with E-state index < -0.39 is 9.84 Å². The van der Waals surface area contributed by atoms with Crippen molar-refractivity contribution in [2.24, 2.45) is 5.92 Å². The molecule has 0 bridgehead atoms. The Morgan fingerprint density at radius 2 is 2.33 bits per heavy atom. The van der Waals surface area contributed by atoms with E-state index in [-0.39, 0.29) is 5.92 Å². The largest absolute Gasteiger partial charge is 0.303 e. The first kappa shape index (κ1) is 11.7. The highest BCUT2D eigenvalue weighted by Crippen LogP contribution is 2.23. The third-order valence-electron chi connectivity index (χ3n) is 3.66. The van der Waals surface area contributed by atoms with E-state index in [1.807, 2.05) is 18.5 Å². The molecule has 1 fully saturated rings. The Hall–Kier alpha value is -1.36. The smallest absolute Gasteiger partial charge is 0.150 e. The second-order valence-corrected chi connectivity index (χ2v) is 7.32. The van der Waals surface area contributed by atoms with Crippen LogP contribution in [0, 0.1) is 12.8 Å². The first-order valence-electron chi connectivity index (χ1n) is 6.17. The summed E-state index contributed by atoms with van der Waals surface area (Å²) in [7, 11) is -2.80. The zero-order valence-corrected chi connectivity index (χ0v) is 11.2. The number of imidazole rings is 1. The number of hydrogen-bond donors (Lipinski definition) is 0. The highest BCUT2D eigenvalue weighted by atomic mass is 32.2. The van der Waals surface area contributed by atoms with E-state index in [4.69, 9.17) is 0 Å². The summed E-state index contributed by atoms with van der Waals surface area (Å²) in [6.45, 7) is 2.06. The molecule has 2 aromatic rings. The van der Waals surface area contributed by atoms with Gasteiger partial charge in [0, 0.05) is 12.6 Å². The number of sulfone groups is 1. The standard InChI is InChI=1S/C13H16N2O2S/c1-10-3-2-5-15-12(10)8-14-13(15)7-11-4-6-18(16,17)9-11/h2-3,5,8,11H,4,6-7,9H2,1H3. The molecule has 1 unspecified atom stereocenters. The van der Waals surface area contributed by atoms with Crippen LogP contribution in [-0.2, 0) is 16.3 Å². The van der Waals surface area contributed by atoms with E-state index in [1.165, 1.54) is 5.56 Å². The minimum absolute atomic E-state index is 0.223. The second kappa shape index (κ2) is 4.09. The maximum Gasteiger partial charge on any atom is 0.150 e. The summed E-state index contributed by atoms with van der Waals surface area (Å²) in [6, 6.07) is 4.06. The van der Waals surface area contributed by atoms with Crippen molar-refractivity contribution in [2.75, 3.05) is 11.5 Å². The number of nitrogens with zero attached hydrogens (tertiary/aromatic N) is 2. The molecule has 5 heteroatoms. The summed E-state index contributed by atoms with van der Waals surface area (Å²) in [6.07, 6.45) is 5.38. The fraction of sp³-hybridized carbons (Fsp3) is 0.462.